The molecule has 0 radical (unpaired) electrons. The maximum absolute atomic E-state index is 4.98. The smallest absolute Gasteiger partial charge is 0.204 e. The molecule has 0 spiro atoms. The molecule has 4 heteroatoms. The second-order valence-corrected chi connectivity index (χ2v) is 8.33. The number of anilines is 1. The van der Waals surface area contributed by atoms with Crippen LogP contribution in [0.25, 0.3) is 20.8 Å². The Kier molecular flexibility index (Phi) is 3.74. The third-order valence-electron chi connectivity index (χ3n) is 5.50. The van der Waals surface area contributed by atoms with E-state index in [0.29, 0.717) is 0 Å². The van der Waals surface area contributed by atoms with Gasteiger partial charge in [-0.15, -0.1) is 11.3 Å². The number of aryl methyl sites for hydroxylation is 1. The quantitative estimate of drug-likeness (QED) is 0.529. The lowest BCUT2D eigenvalue weighted by molar-refractivity contribution is 0.430. The number of rotatable bonds is 3. The van der Waals surface area contributed by atoms with Crippen molar-refractivity contribution in [1.29, 1.82) is 0 Å². The number of hydrogen-bond acceptors (Lipinski definition) is 3. The van der Waals surface area contributed by atoms with Gasteiger partial charge in [0.05, 0.1) is 27.2 Å². The van der Waals surface area contributed by atoms with Gasteiger partial charge in [-0.1, -0.05) is 13.3 Å². The van der Waals surface area contributed by atoms with Gasteiger partial charge in [-0.25, -0.2) is 9.56 Å². The molecule has 0 aromatic heterocycles. The highest BCUT2D eigenvalue weighted by Crippen LogP contribution is 2.33. The fraction of sp³-hybridized carbons (Fsp3) is 0.429. The number of hydrogen-bond donors (Lipinski definition) is 0. The fourth-order valence-electron chi connectivity index (χ4n) is 3.79. The van der Waals surface area contributed by atoms with Gasteiger partial charge in [0, 0.05) is 30.4 Å². The van der Waals surface area contributed by atoms with E-state index in [-0.39, 0.29) is 0 Å². The van der Waals surface area contributed by atoms with Crippen LogP contribution in [0, 0.1) is 0 Å². The van der Waals surface area contributed by atoms with E-state index in [2.05, 4.69) is 46.7 Å². The molecule has 0 atom stereocenters. The molecule has 2 fully saturated rings. The van der Waals surface area contributed by atoms with Gasteiger partial charge in [0.25, 0.3) is 0 Å². The van der Waals surface area contributed by atoms with Crippen molar-refractivity contribution >= 4 is 27.2 Å². The Labute approximate surface area is 152 Å². The Morgan fingerprint density at radius 3 is 2.68 bits per heavy atom. The van der Waals surface area contributed by atoms with E-state index in [1.807, 2.05) is 11.3 Å². The largest absolute Gasteiger partial charge is 0.371 e. The molecule has 1 aromatic rings. The summed E-state index contributed by atoms with van der Waals surface area (Å²) in [7, 11) is 0. The van der Waals surface area contributed by atoms with Crippen molar-refractivity contribution in [2.45, 2.75) is 32.6 Å². The van der Waals surface area contributed by atoms with E-state index < -0.39 is 0 Å². The molecule has 1 aliphatic carbocycles. The summed E-state index contributed by atoms with van der Waals surface area (Å²) < 4.78 is 3.83. The summed E-state index contributed by atoms with van der Waals surface area (Å²) in [6.45, 7) is 7.05. The Bertz CT molecular complexity index is 978. The molecule has 25 heavy (non-hydrogen) atoms. The molecule has 5 rings (SSSR count). The zero-order valence-electron chi connectivity index (χ0n) is 14.8. The molecule has 1 aromatic carbocycles. The van der Waals surface area contributed by atoms with Crippen molar-refractivity contribution in [3.05, 3.63) is 41.3 Å². The first-order valence-electron chi connectivity index (χ1n) is 9.52. The minimum Gasteiger partial charge on any atom is -0.371 e. The third kappa shape index (κ3) is 2.63. The predicted molar refractivity (Wildman–Crippen MR) is 107 cm³/mol. The Hall–Kier alpha value is -1.94. The molecule has 0 N–H and O–H groups in total. The molecular formula is C21H24N3S+. The van der Waals surface area contributed by atoms with Crippen LogP contribution in [-0.4, -0.2) is 31.2 Å². The normalized spacial score (nSPS) is 17.0. The van der Waals surface area contributed by atoms with Crippen molar-refractivity contribution in [2.75, 3.05) is 31.1 Å². The van der Waals surface area contributed by atoms with Crippen LogP contribution < -0.4 is 14.8 Å². The predicted octanol–water partition coefficient (Wildman–Crippen LogP) is 3.74. The number of fused-ring (bicyclic) bond motifs is 2. The summed E-state index contributed by atoms with van der Waals surface area (Å²) in [5, 5.41) is 1.44. The van der Waals surface area contributed by atoms with E-state index >= 15 is 0 Å². The Morgan fingerprint density at radius 2 is 2.00 bits per heavy atom. The van der Waals surface area contributed by atoms with Crippen molar-refractivity contribution in [1.82, 2.24) is 9.56 Å². The molecule has 4 aliphatic rings. The first-order chi connectivity index (χ1) is 12.3. The van der Waals surface area contributed by atoms with Gasteiger partial charge in [-0.3, -0.25) is 0 Å². The highest BCUT2D eigenvalue weighted by atomic mass is 32.1. The molecule has 3 nitrogen and oxygen atoms in total. The van der Waals surface area contributed by atoms with Crippen molar-refractivity contribution in [3.8, 4) is 10.6 Å². The van der Waals surface area contributed by atoms with Gasteiger partial charge in [0.1, 0.15) is 13.1 Å². The van der Waals surface area contributed by atoms with Crippen LogP contribution in [0.4, 0.5) is 5.69 Å². The maximum Gasteiger partial charge on any atom is 0.204 e. The molecule has 128 valence electrons. The van der Waals surface area contributed by atoms with Gasteiger partial charge in [-0.05, 0) is 37.1 Å². The maximum atomic E-state index is 4.98. The Balaban J connectivity index is 1.70. The van der Waals surface area contributed by atoms with Crippen molar-refractivity contribution in [2.24, 2.45) is 0 Å². The summed E-state index contributed by atoms with van der Waals surface area (Å²) in [4.78, 5) is 8.75. The molecule has 0 bridgehead atoms. The summed E-state index contributed by atoms with van der Waals surface area (Å²) in [5.74, 6) is 0. The summed E-state index contributed by atoms with van der Waals surface area (Å²) in [5.41, 5.74) is 5.09. The van der Waals surface area contributed by atoms with Crippen LogP contribution in [0.5, 0.6) is 0 Å². The minimum atomic E-state index is 1.13. The molecule has 2 saturated heterocycles. The highest BCUT2D eigenvalue weighted by Gasteiger charge is 2.21. The van der Waals surface area contributed by atoms with E-state index in [4.69, 9.17) is 4.98 Å². The first-order valence-corrected chi connectivity index (χ1v) is 10.3. The van der Waals surface area contributed by atoms with E-state index in [1.165, 1.54) is 71.6 Å². The summed E-state index contributed by atoms with van der Waals surface area (Å²) in [6.07, 6.45) is 4.96. The molecule has 0 amide bonds. The SMILES string of the molecule is CCCc1cc2nc3ccc(N4CCC4)cc3sc-2cc1=[N+]1CCC1. The van der Waals surface area contributed by atoms with E-state index in [9.17, 15) is 0 Å². The first kappa shape index (κ1) is 15.3. The number of aromatic nitrogens is 1. The lowest BCUT2D eigenvalue weighted by atomic mass is 10.1. The molecular weight excluding hydrogens is 326 g/mol. The van der Waals surface area contributed by atoms with Crippen LogP contribution in [0.1, 0.15) is 31.7 Å². The standard InChI is InChI=1S/C21H24N3S/c1-2-5-15-12-18-21(14-19(15)24-10-4-11-24)25-20-13-16(23-8-3-9-23)6-7-17(20)22-18/h6-7,12-14H,2-5,8-11H2,1H3/q+1. The lowest BCUT2D eigenvalue weighted by Gasteiger charge is -2.33. The average molecular weight is 351 g/mol. The zero-order chi connectivity index (χ0) is 16.8. The second-order valence-electron chi connectivity index (χ2n) is 7.25. The minimum absolute atomic E-state index is 1.13. The average Bonchev–Trinajstić information content (AvgIpc) is 2.51. The van der Waals surface area contributed by atoms with Gasteiger partial charge in [0.2, 0.25) is 5.36 Å². The number of nitrogens with zero attached hydrogens (tertiary/aromatic N) is 3. The van der Waals surface area contributed by atoms with Crippen molar-refractivity contribution < 1.29 is 0 Å². The fourth-order valence-corrected chi connectivity index (χ4v) is 4.80. The molecule has 3 heterocycles. The molecule has 3 aliphatic heterocycles. The monoisotopic (exact) mass is 350 g/mol. The summed E-state index contributed by atoms with van der Waals surface area (Å²) in [6, 6.07) is 11.5. The van der Waals surface area contributed by atoms with Gasteiger partial charge in [-0.2, -0.15) is 0 Å². The van der Waals surface area contributed by atoms with Crippen molar-refractivity contribution in [3.63, 3.8) is 0 Å². The van der Waals surface area contributed by atoms with E-state index in [1.54, 1.807) is 0 Å². The topological polar surface area (TPSA) is 19.1 Å². The van der Waals surface area contributed by atoms with Crippen LogP contribution in [-0.2, 0) is 6.42 Å². The van der Waals surface area contributed by atoms with Crippen LogP contribution in [0.2, 0.25) is 0 Å². The molecule has 0 unspecified atom stereocenters. The van der Waals surface area contributed by atoms with Crippen LogP contribution in [0.3, 0.4) is 0 Å². The third-order valence-corrected chi connectivity index (χ3v) is 6.60. The van der Waals surface area contributed by atoms with E-state index in [0.717, 1.165) is 17.6 Å². The van der Waals surface area contributed by atoms with Crippen LogP contribution >= 0.6 is 11.3 Å². The Morgan fingerprint density at radius 1 is 1.12 bits per heavy atom. The van der Waals surface area contributed by atoms with Gasteiger partial charge in [0.15, 0.2) is 0 Å². The van der Waals surface area contributed by atoms with Gasteiger partial charge >= 0.3 is 0 Å². The zero-order valence-corrected chi connectivity index (χ0v) is 15.6. The van der Waals surface area contributed by atoms with Gasteiger partial charge < -0.3 is 4.90 Å². The second kappa shape index (κ2) is 6.10. The highest BCUT2D eigenvalue weighted by molar-refractivity contribution is 7.21. The lowest BCUT2D eigenvalue weighted by Crippen LogP contribution is -2.42. The summed E-state index contributed by atoms with van der Waals surface area (Å²) >= 11 is 1.89. The number of benzene rings is 2. The molecule has 0 saturated carbocycles. The van der Waals surface area contributed by atoms with Crippen LogP contribution in [0.15, 0.2) is 30.3 Å².